The summed E-state index contributed by atoms with van der Waals surface area (Å²) in [7, 11) is 0. The Morgan fingerprint density at radius 1 is 0.824 bits per heavy atom. The molecule has 1 aliphatic carbocycles. The highest BCUT2D eigenvalue weighted by Crippen LogP contribution is 2.38. The molecule has 3 aromatic rings. The summed E-state index contributed by atoms with van der Waals surface area (Å²) in [6.45, 7) is 0. The van der Waals surface area contributed by atoms with Crippen molar-refractivity contribution in [2.24, 2.45) is 0 Å². The maximum atomic E-state index is 4.26. The lowest BCUT2D eigenvalue weighted by molar-refractivity contribution is 1.16. The second kappa shape index (κ2) is 3.17. The summed E-state index contributed by atoms with van der Waals surface area (Å²) in [6.07, 6.45) is 4.89. The average Bonchev–Trinajstić information content (AvgIpc) is 2.39. The lowest BCUT2D eigenvalue weighted by Crippen LogP contribution is -2.01. The molecule has 17 heavy (non-hydrogen) atoms. The molecular formula is C16H11N. The second-order valence-electron chi connectivity index (χ2n) is 4.53. The highest BCUT2D eigenvalue weighted by atomic mass is 14.6. The van der Waals surface area contributed by atoms with E-state index in [4.69, 9.17) is 0 Å². The minimum atomic E-state index is 1.02. The van der Waals surface area contributed by atoms with E-state index >= 15 is 0 Å². The van der Waals surface area contributed by atoms with Gasteiger partial charge in [-0.2, -0.15) is 0 Å². The van der Waals surface area contributed by atoms with Crippen molar-refractivity contribution < 1.29 is 0 Å². The monoisotopic (exact) mass is 217 g/mol. The largest absolute Gasteiger partial charge is 0.264 e. The van der Waals surface area contributed by atoms with Gasteiger partial charge in [-0.3, -0.25) is 4.98 Å². The third kappa shape index (κ3) is 1.17. The van der Waals surface area contributed by atoms with Crippen LogP contribution in [0, 0.1) is 0 Å². The van der Waals surface area contributed by atoms with Crippen molar-refractivity contribution in [3.05, 3.63) is 66.0 Å². The van der Waals surface area contributed by atoms with Gasteiger partial charge in [0.1, 0.15) is 0 Å². The van der Waals surface area contributed by atoms with Gasteiger partial charge in [0.25, 0.3) is 0 Å². The van der Waals surface area contributed by atoms with Gasteiger partial charge in [0.05, 0.1) is 0 Å². The minimum Gasteiger partial charge on any atom is -0.264 e. The average molecular weight is 217 g/mol. The summed E-state index contributed by atoms with van der Waals surface area (Å²) in [5.74, 6) is 0. The number of rotatable bonds is 0. The second-order valence-corrected chi connectivity index (χ2v) is 4.53. The van der Waals surface area contributed by atoms with Gasteiger partial charge < -0.3 is 0 Å². The van der Waals surface area contributed by atoms with E-state index in [9.17, 15) is 0 Å². The summed E-state index contributed by atoms with van der Waals surface area (Å²) in [4.78, 5) is 4.26. The van der Waals surface area contributed by atoms with Crippen LogP contribution in [-0.2, 0) is 6.42 Å². The van der Waals surface area contributed by atoms with Crippen molar-refractivity contribution >= 4 is 10.8 Å². The summed E-state index contributed by atoms with van der Waals surface area (Å²) < 4.78 is 0. The number of benzene rings is 2. The van der Waals surface area contributed by atoms with Crippen LogP contribution in [0.2, 0.25) is 0 Å². The Hall–Kier alpha value is -2.15. The lowest BCUT2D eigenvalue weighted by atomic mass is 9.85. The van der Waals surface area contributed by atoms with Crippen LogP contribution in [-0.4, -0.2) is 4.98 Å². The number of aromatic nitrogens is 1. The fraction of sp³-hybridized carbons (Fsp3) is 0.0625. The van der Waals surface area contributed by atoms with Crippen LogP contribution in [0.1, 0.15) is 11.1 Å². The first-order chi connectivity index (χ1) is 8.43. The van der Waals surface area contributed by atoms with Gasteiger partial charge in [0.15, 0.2) is 0 Å². The van der Waals surface area contributed by atoms with Crippen molar-refractivity contribution in [1.29, 1.82) is 0 Å². The Labute approximate surface area is 99.7 Å². The zero-order valence-corrected chi connectivity index (χ0v) is 9.35. The van der Waals surface area contributed by atoms with E-state index in [0.717, 1.165) is 6.42 Å². The van der Waals surface area contributed by atoms with Gasteiger partial charge in [-0.1, -0.05) is 36.4 Å². The van der Waals surface area contributed by atoms with Crippen molar-refractivity contribution in [2.45, 2.75) is 6.42 Å². The van der Waals surface area contributed by atoms with E-state index in [-0.39, 0.29) is 0 Å². The molecule has 0 radical (unpaired) electrons. The van der Waals surface area contributed by atoms with Gasteiger partial charge in [-0.05, 0) is 39.9 Å². The smallest absolute Gasteiger partial charge is 0.0349 e. The van der Waals surface area contributed by atoms with Crippen LogP contribution < -0.4 is 0 Å². The Balaban J connectivity index is 2.22. The van der Waals surface area contributed by atoms with E-state index in [1.165, 1.54) is 33.0 Å². The van der Waals surface area contributed by atoms with Crippen LogP contribution in [0.5, 0.6) is 0 Å². The summed E-state index contributed by atoms with van der Waals surface area (Å²) >= 11 is 0. The number of pyridine rings is 1. The molecule has 4 rings (SSSR count). The molecule has 1 aliphatic rings. The normalized spacial score (nSPS) is 12.5. The first-order valence-electron chi connectivity index (χ1n) is 5.87. The number of hydrogen-bond donors (Lipinski definition) is 0. The van der Waals surface area contributed by atoms with Crippen LogP contribution in [0.3, 0.4) is 0 Å². The van der Waals surface area contributed by atoms with Crippen LogP contribution in [0.4, 0.5) is 0 Å². The lowest BCUT2D eigenvalue weighted by Gasteiger charge is -2.19. The van der Waals surface area contributed by atoms with E-state index in [2.05, 4.69) is 47.4 Å². The molecule has 0 atom stereocenters. The fourth-order valence-corrected chi connectivity index (χ4v) is 2.82. The van der Waals surface area contributed by atoms with Gasteiger partial charge >= 0.3 is 0 Å². The topological polar surface area (TPSA) is 12.9 Å². The Kier molecular flexibility index (Phi) is 1.67. The molecule has 80 valence electrons. The predicted molar refractivity (Wildman–Crippen MR) is 70.0 cm³/mol. The third-order valence-electron chi connectivity index (χ3n) is 3.57. The molecule has 2 aromatic carbocycles. The Bertz CT molecular complexity index is 723. The molecule has 1 aromatic heterocycles. The molecular weight excluding hydrogens is 206 g/mol. The maximum absolute atomic E-state index is 4.26. The Morgan fingerprint density at radius 3 is 2.65 bits per heavy atom. The molecule has 0 bridgehead atoms. The first-order valence-corrected chi connectivity index (χ1v) is 5.87. The Morgan fingerprint density at radius 2 is 1.71 bits per heavy atom. The summed E-state index contributed by atoms with van der Waals surface area (Å²) in [6, 6.07) is 15.2. The van der Waals surface area contributed by atoms with E-state index in [0.29, 0.717) is 0 Å². The number of nitrogens with zero attached hydrogens (tertiary/aromatic N) is 1. The minimum absolute atomic E-state index is 1.02. The fourth-order valence-electron chi connectivity index (χ4n) is 2.82. The van der Waals surface area contributed by atoms with Crippen molar-refractivity contribution in [1.82, 2.24) is 4.98 Å². The van der Waals surface area contributed by atoms with E-state index in [1.54, 1.807) is 0 Å². The third-order valence-corrected chi connectivity index (χ3v) is 3.57. The quantitative estimate of drug-likeness (QED) is 0.436. The SMILES string of the molecule is c1cc2c3c(cccc3c1)-c1cnccc1C2. The first kappa shape index (κ1) is 8.94. The van der Waals surface area contributed by atoms with Crippen molar-refractivity contribution in [3.8, 4) is 11.1 Å². The molecule has 0 aliphatic heterocycles. The standard InChI is InChI=1S/C16H11N/c1-3-11-4-2-6-14-15-10-17-8-7-12(15)9-13(5-1)16(11)14/h1-8,10H,9H2. The maximum Gasteiger partial charge on any atom is 0.0349 e. The predicted octanol–water partition coefficient (Wildman–Crippen LogP) is 3.81. The molecule has 0 N–H and O–H groups in total. The van der Waals surface area contributed by atoms with Crippen LogP contribution in [0.25, 0.3) is 21.9 Å². The molecule has 0 fully saturated rings. The van der Waals surface area contributed by atoms with Gasteiger partial charge in [-0.25, -0.2) is 0 Å². The number of hydrogen-bond acceptors (Lipinski definition) is 1. The summed E-state index contributed by atoms with van der Waals surface area (Å²) in [5.41, 5.74) is 5.42. The molecule has 0 spiro atoms. The molecule has 0 saturated heterocycles. The zero-order valence-electron chi connectivity index (χ0n) is 9.35. The van der Waals surface area contributed by atoms with Crippen LogP contribution in [0.15, 0.2) is 54.9 Å². The molecule has 1 heterocycles. The van der Waals surface area contributed by atoms with Crippen LogP contribution >= 0.6 is 0 Å². The van der Waals surface area contributed by atoms with Gasteiger partial charge in [-0.15, -0.1) is 0 Å². The van der Waals surface area contributed by atoms with Gasteiger partial charge in [0, 0.05) is 18.0 Å². The molecule has 1 heteroatoms. The van der Waals surface area contributed by atoms with Gasteiger partial charge in [0.2, 0.25) is 0 Å². The van der Waals surface area contributed by atoms with Crippen molar-refractivity contribution in [2.75, 3.05) is 0 Å². The molecule has 0 amide bonds. The van der Waals surface area contributed by atoms with E-state index in [1.807, 2.05) is 12.4 Å². The summed E-state index contributed by atoms with van der Waals surface area (Å²) in [5, 5.41) is 2.73. The highest BCUT2D eigenvalue weighted by molar-refractivity contribution is 6.01. The molecule has 0 unspecified atom stereocenters. The van der Waals surface area contributed by atoms with E-state index < -0.39 is 0 Å². The number of fused-ring (bicyclic) bond motifs is 2. The molecule has 0 saturated carbocycles. The highest BCUT2D eigenvalue weighted by Gasteiger charge is 2.17. The zero-order chi connectivity index (χ0) is 11.2. The molecule has 1 nitrogen and oxygen atoms in total. The van der Waals surface area contributed by atoms with Crippen molar-refractivity contribution in [3.63, 3.8) is 0 Å².